The van der Waals surface area contributed by atoms with Crippen LogP contribution in [0.2, 0.25) is 0 Å². The van der Waals surface area contributed by atoms with E-state index in [0.29, 0.717) is 10.9 Å². The lowest BCUT2D eigenvalue weighted by Gasteiger charge is -2.14. The second-order valence-corrected chi connectivity index (χ2v) is 5.70. The maximum absolute atomic E-state index is 11.5. The molecule has 4 N–H and O–H groups in total. The molecule has 0 spiro atoms. The number of amides is 1. The molecule has 1 aromatic heterocycles. The van der Waals surface area contributed by atoms with Crippen LogP contribution in [0, 0.1) is 0 Å². The molecule has 1 unspecified atom stereocenters. The highest BCUT2D eigenvalue weighted by atomic mass is 32.2. The van der Waals surface area contributed by atoms with Gasteiger partial charge in [0, 0.05) is 11.6 Å². The van der Waals surface area contributed by atoms with Crippen molar-refractivity contribution in [1.29, 1.82) is 0 Å². The van der Waals surface area contributed by atoms with Crippen molar-refractivity contribution in [2.24, 2.45) is 10.9 Å². The molecule has 0 fully saturated rings. The number of benzene rings is 1. The molecule has 2 rings (SSSR count). The molecule has 1 atom stereocenters. The van der Waals surface area contributed by atoms with Crippen LogP contribution in [0.5, 0.6) is 5.75 Å². The Kier molecular flexibility index (Phi) is 3.60. The number of primary amides is 1. The average molecular weight is 295 g/mol. The lowest BCUT2D eigenvalue weighted by atomic mass is 10.2. The molecule has 0 aliphatic heterocycles. The number of hydrogen-bond donors (Lipinski definition) is 2. The summed E-state index contributed by atoms with van der Waals surface area (Å²) < 4.78 is 28.4. The lowest BCUT2D eigenvalue weighted by Crippen LogP contribution is -2.30. The third-order valence-corrected chi connectivity index (χ3v) is 3.67. The van der Waals surface area contributed by atoms with Crippen LogP contribution in [-0.4, -0.2) is 25.4 Å². The minimum absolute atomic E-state index is 0.0559. The Bertz CT molecular complexity index is 773. The summed E-state index contributed by atoms with van der Waals surface area (Å²) >= 11 is 0. The molecule has 0 aliphatic carbocycles. The van der Waals surface area contributed by atoms with Gasteiger partial charge in [0.2, 0.25) is 10.0 Å². The number of fused-ring (bicyclic) bond motifs is 1. The highest BCUT2D eigenvalue weighted by Gasteiger charge is 2.18. The quantitative estimate of drug-likeness (QED) is 0.829. The Morgan fingerprint density at radius 3 is 2.65 bits per heavy atom. The number of nitrogens with zero attached hydrogens (tertiary/aromatic N) is 1. The van der Waals surface area contributed by atoms with Gasteiger partial charge in [-0.05, 0) is 31.2 Å². The molecule has 0 saturated carbocycles. The Morgan fingerprint density at radius 2 is 2.05 bits per heavy atom. The van der Waals surface area contributed by atoms with Gasteiger partial charge < -0.3 is 10.5 Å². The fourth-order valence-electron chi connectivity index (χ4n) is 1.71. The first-order chi connectivity index (χ1) is 9.30. The van der Waals surface area contributed by atoms with Crippen LogP contribution in [0.3, 0.4) is 0 Å². The van der Waals surface area contributed by atoms with Crippen LogP contribution >= 0.6 is 0 Å². The maximum atomic E-state index is 11.5. The van der Waals surface area contributed by atoms with Crippen molar-refractivity contribution in [2.75, 3.05) is 0 Å². The topological polar surface area (TPSA) is 125 Å². The van der Waals surface area contributed by atoms with E-state index >= 15 is 0 Å². The van der Waals surface area contributed by atoms with E-state index in [9.17, 15) is 13.2 Å². The summed E-state index contributed by atoms with van der Waals surface area (Å²) in [6, 6.07) is 5.85. The summed E-state index contributed by atoms with van der Waals surface area (Å²) in [6.07, 6.45) is 0.623. The predicted octanol–water partition coefficient (Wildman–Crippen LogP) is 0.135. The van der Waals surface area contributed by atoms with Crippen molar-refractivity contribution < 1.29 is 17.9 Å². The molecular weight excluding hydrogens is 282 g/mol. The monoisotopic (exact) mass is 295 g/mol. The number of sulfonamides is 1. The van der Waals surface area contributed by atoms with Gasteiger partial charge in [-0.25, -0.2) is 13.6 Å². The molecule has 0 bridgehead atoms. The number of hydrogen-bond acceptors (Lipinski definition) is 5. The van der Waals surface area contributed by atoms with Crippen LogP contribution in [0.1, 0.15) is 6.92 Å². The van der Waals surface area contributed by atoms with E-state index in [1.165, 1.54) is 25.3 Å². The minimum atomic E-state index is -3.88. The first-order valence-electron chi connectivity index (χ1n) is 5.67. The molecule has 0 saturated heterocycles. The van der Waals surface area contributed by atoms with Crippen LogP contribution in [-0.2, 0) is 14.8 Å². The van der Waals surface area contributed by atoms with Crippen molar-refractivity contribution in [3.8, 4) is 5.75 Å². The second-order valence-electron chi connectivity index (χ2n) is 4.17. The number of carbonyl (C=O) groups excluding carboxylic acids is 1. The van der Waals surface area contributed by atoms with Gasteiger partial charge in [-0.2, -0.15) is 0 Å². The highest BCUT2D eigenvalue weighted by molar-refractivity contribution is 7.89. The van der Waals surface area contributed by atoms with Gasteiger partial charge in [-0.1, -0.05) is 0 Å². The van der Waals surface area contributed by atoms with Crippen molar-refractivity contribution in [1.82, 2.24) is 4.98 Å². The standard InChI is InChI=1S/C12H13N3O4S/c1-7(12(13)16)19-9-4-5-10(20(14,17)18)8-3-2-6-15-11(8)9/h2-7H,1H3,(H2,13,16)(H2,14,17,18). The molecular formula is C12H13N3O4S. The van der Waals surface area contributed by atoms with E-state index < -0.39 is 22.0 Å². The van der Waals surface area contributed by atoms with Crippen molar-refractivity contribution in [3.05, 3.63) is 30.5 Å². The van der Waals surface area contributed by atoms with E-state index in [-0.39, 0.29) is 10.6 Å². The van der Waals surface area contributed by atoms with Crippen LogP contribution in [0.25, 0.3) is 10.9 Å². The normalized spacial score (nSPS) is 13.1. The largest absolute Gasteiger partial charge is 0.479 e. The molecule has 20 heavy (non-hydrogen) atoms. The zero-order valence-corrected chi connectivity index (χ0v) is 11.4. The fraction of sp³-hybridized carbons (Fsp3) is 0.167. The zero-order valence-electron chi connectivity index (χ0n) is 10.6. The van der Waals surface area contributed by atoms with E-state index in [4.69, 9.17) is 15.6 Å². The molecule has 0 aliphatic rings. The van der Waals surface area contributed by atoms with Crippen molar-refractivity contribution in [3.63, 3.8) is 0 Å². The Labute approximate surface area is 115 Å². The smallest absolute Gasteiger partial charge is 0.258 e. The lowest BCUT2D eigenvalue weighted by molar-refractivity contribution is -0.123. The number of carbonyl (C=O) groups is 1. The molecule has 1 amide bonds. The Balaban J connectivity index is 2.63. The zero-order chi connectivity index (χ0) is 14.9. The van der Waals surface area contributed by atoms with Gasteiger partial charge in [0.05, 0.1) is 4.90 Å². The number of nitrogens with two attached hydrogens (primary N) is 2. The number of pyridine rings is 1. The van der Waals surface area contributed by atoms with Gasteiger partial charge in [-0.3, -0.25) is 9.78 Å². The number of ether oxygens (including phenoxy) is 1. The summed E-state index contributed by atoms with van der Waals surface area (Å²) in [5, 5.41) is 5.48. The molecule has 1 aromatic carbocycles. The third-order valence-electron chi connectivity index (χ3n) is 2.70. The van der Waals surface area contributed by atoms with Crippen LogP contribution in [0.4, 0.5) is 0 Å². The summed E-state index contributed by atoms with van der Waals surface area (Å²) in [7, 11) is -3.88. The van der Waals surface area contributed by atoms with E-state index in [2.05, 4.69) is 4.98 Å². The minimum Gasteiger partial charge on any atom is -0.479 e. The molecule has 106 valence electrons. The fourth-order valence-corrected chi connectivity index (χ4v) is 2.44. The van der Waals surface area contributed by atoms with Gasteiger partial charge >= 0.3 is 0 Å². The van der Waals surface area contributed by atoms with Gasteiger partial charge in [0.1, 0.15) is 11.3 Å². The summed E-state index contributed by atoms with van der Waals surface area (Å²) in [4.78, 5) is 15.0. The van der Waals surface area contributed by atoms with E-state index in [0.717, 1.165) is 0 Å². The highest BCUT2D eigenvalue weighted by Crippen LogP contribution is 2.29. The maximum Gasteiger partial charge on any atom is 0.258 e. The predicted molar refractivity (Wildman–Crippen MR) is 72.4 cm³/mol. The first kappa shape index (κ1) is 14.2. The Hall–Kier alpha value is -2.19. The van der Waals surface area contributed by atoms with Gasteiger partial charge in [-0.15, -0.1) is 0 Å². The van der Waals surface area contributed by atoms with Crippen LogP contribution < -0.4 is 15.6 Å². The van der Waals surface area contributed by atoms with Crippen LogP contribution in [0.15, 0.2) is 35.4 Å². The number of aromatic nitrogens is 1. The molecule has 7 nitrogen and oxygen atoms in total. The molecule has 0 radical (unpaired) electrons. The summed E-state index contributed by atoms with van der Waals surface area (Å²) in [5.41, 5.74) is 5.43. The number of primary sulfonamides is 1. The van der Waals surface area contributed by atoms with E-state index in [1.807, 2.05) is 0 Å². The third kappa shape index (κ3) is 2.70. The second kappa shape index (κ2) is 5.06. The average Bonchev–Trinajstić information content (AvgIpc) is 2.37. The number of rotatable bonds is 4. The van der Waals surface area contributed by atoms with Gasteiger partial charge in [0.25, 0.3) is 5.91 Å². The Morgan fingerprint density at radius 1 is 1.35 bits per heavy atom. The SMILES string of the molecule is CC(Oc1ccc(S(N)(=O)=O)c2cccnc12)C(N)=O. The first-order valence-corrected chi connectivity index (χ1v) is 7.22. The summed E-state index contributed by atoms with van der Waals surface area (Å²) in [6.45, 7) is 1.49. The summed E-state index contributed by atoms with van der Waals surface area (Å²) in [5.74, 6) is -0.371. The van der Waals surface area contributed by atoms with Crippen molar-refractivity contribution in [2.45, 2.75) is 17.9 Å². The van der Waals surface area contributed by atoms with Crippen molar-refractivity contribution >= 4 is 26.8 Å². The van der Waals surface area contributed by atoms with Gasteiger partial charge in [0.15, 0.2) is 6.10 Å². The molecule has 1 heterocycles. The molecule has 2 aromatic rings. The van der Waals surface area contributed by atoms with E-state index in [1.54, 1.807) is 12.1 Å². The molecule has 8 heteroatoms.